The van der Waals surface area contributed by atoms with Gasteiger partial charge in [-0.2, -0.15) is 0 Å². The molecule has 0 aliphatic heterocycles. The predicted octanol–water partition coefficient (Wildman–Crippen LogP) is 2.58. The smallest absolute Gasteiger partial charge is 0.0580 e. The minimum absolute atomic E-state index is 0.655. The van der Waals surface area contributed by atoms with Crippen LogP contribution in [0.15, 0.2) is 36.4 Å². The standard InChI is InChI=1S/C16H22N4/c17-13-9-3-7-11(15(13)19)5-1-2-6-12-8-4-10-14(18)16(12)20/h3-4,7-10H,1-2,5-6,17-20H2. The Hall–Kier alpha value is -2.36. The van der Waals surface area contributed by atoms with E-state index in [1.165, 1.54) is 0 Å². The van der Waals surface area contributed by atoms with E-state index in [1.807, 2.05) is 36.4 Å². The highest BCUT2D eigenvalue weighted by molar-refractivity contribution is 5.67. The van der Waals surface area contributed by atoms with E-state index in [2.05, 4.69) is 0 Å². The van der Waals surface area contributed by atoms with Gasteiger partial charge in [-0.05, 0) is 48.9 Å². The topological polar surface area (TPSA) is 104 Å². The molecule has 0 radical (unpaired) electrons. The van der Waals surface area contributed by atoms with Crippen molar-refractivity contribution in [2.75, 3.05) is 22.9 Å². The van der Waals surface area contributed by atoms with Crippen LogP contribution in [0.25, 0.3) is 0 Å². The number of nitrogens with two attached hydrogens (primary N) is 4. The van der Waals surface area contributed by atoms with E-state index in [9.17, 15) is 0 Å². The van der Waals surface area contributed by atoms with E-state index in [1.54, 1.807) is 0 Å². The van der Waals surface area contributed by atoms with Crippen LogP contribution in [-0.4, -0.2) is 0 Å². The van der Waals surface area contributed by atoms with Crippen LogP contribution in [-0.2, 0) is 12.8 Å². The second-order valence-corrected chi connectivity index (χ2v) is 5.05. The molecule has 0 amide bonds. The lowest BCUT2D eigenvalue weighted by Gasteiger charge is -2.09. The molecular weight excluding hydrogens is 248 g/mol. The van der Waals surface area contributed by atoms with Gasteiger partial charge in [0.05, 0.1) is 22.7 Å². The maximum Gasteiger partial charge on any atom is 0.0580 e. The quantitative estimate of drug-likeness (QED) is 0.495. The highest BCUT2D eigenvalue weighted by atomic mass is 14.7. The molecule has 20 heavy (non-hydrogen) atoms. The SMILES string of the molecule is Nc1cccc(CCCCc2cccc(N)c2N)c1N. The van der Waals surface area contributed by atoms with Crippen molar-refractivity contribution >= 4 is 22.7 Å². The zero-order valence-electron chi connectivity index (χ0n) is 11.6. The molecule has 0 heterocycles. The summed E-state index contributed by atoms with van der Waals surface area (Å²) in [5.41, 5.74) is 28.5. The number of anilines is 4. The molecule has 0 saturated heterocycles. The summed E-state index contributed by atoms with van der Waals surface area (Å²) in [5, 5.41) is 0. The second kappa shape index (κ2) is 6.19. The van der Waals surface area contributed by atoms with Gasteiger partial charge in [0, 0.05) is 0 Å². The Kier molecular flexibility index (Phi) is 4.35. The Morgan fingerprint density at radius 3 is 1.40 bits per heavy atom. The molecule has 0 aliphatic carbocycles. The molecular formula is C16H22N4. The van der Waals surface area contributed by atoms with Gasteiger partial charge < -0.3 is 22.9 Å². The van der Waals surface area contributed by atoms with Gasteiger partial charge in [-0.25, -0.2) is 0 Å². The van der Waals surface area contributed by atoms with Crippen LogP contribution in [0.2, 0.25) is 0 Å². The fourth-order valence-corrected chi connectivity index (χ4v) is 2.33. The number of rotatable bonds is 5. The highest BCUT2D eigenvalue weighted by Crippen LogP contribution is 2.23. The van der Waals surface area contributed by atoms with Gasteiger partial charge in [0.25, 0.3) is 0 Å². The summed E-state index contributed by atoms with van der Waals surface area (Å²) in [5.74, 6) is 0. The van der Waals surface area contributed by atoms with Gasteiger partial charge in [0.1, 0.15) is 0 Å². The van der Waals surface area contributed by atoms with Gasteiger partial charge >= 0.3 is 0 Å². The number of hydrogen-bond donors (Lipinski definition) is 4. The van der Waals surface area contributed by atoms with Gasteiger partial charge in [-0.15, -0.1) is 0 Å². The van der Waals surface area contributed by atoms with E-state index >= 15 is 0 Å². The third-order valence-electron chi connectivity index (χ3n) is 3.60. The van der Waals surface area contributed by atoms with E-state index in [0.29, 0.717) is 22.7 Å². The summed E-state index contributed by atoms with van der Waals surface area (Å²) < 4.78 is 0. The number of nitrogen functional groups attached to an aromatic ring is 4. The van der Waals surface area contributed by atoms with Gasteiger partial charge in [0.15, 0.2) is 0 Å². The van der Waals surface area contributed by atoms with E-state index in [-0.39, 0.29) is 0 Å². The zero-order valence-corrected chi connectivity index (χ0v) is 11.6. The first-order valence-corrected chi connectivity index (χ1v) is 6.85. The minimum atomic E-state index is 0.655. The molecule has 0 spiro atoms. The molecule has 0 saturated carbocycles. The van der Waals surface area contributed by atoms with Gasteiger partial charge in [-0.1, -0.05) is 24.3 Å². The summed E-state index contributed by atoms with van der Waals surface area (Å²) in [6, 6.07) is 11.6. The lowest BCUT2D eigenvalue weighted by Crippen LogP contribution is -2.01. The van der Waals surface area contributed by atoms with Crippen LogP contribution in [0, 0.1) is 0 Å². The maximum absolute atomic E-state index is 5.96. The summed E-state index contributed by atoms with van der Waals surface area (Å²) in [4.78, 5) is 0. The first kappa shape index (κ1) is 14.1. The van der Waals surface area contributed by atoms with E-state index in [0.717, 1.165) is 36.8 Å². The summed E-state index contributed by atoms with van der Waals surface area (Å²) in [6.45, 7) is 0. The molecule has 2 aromatic rings. The summed E-state index contributed by atoms with van der Waals surface area (Å²) in [7, 11) is 0. The maximum atomic E-state index is 5.96. The molecule has 8 N–H and O–H groups in total. The third-order valence-corrected chi connectivity index (χ3v) is 3.60. The van der Waals surface area contributed by atoms with Crippen LogP contribution in [0.5, 0.6) is 0 Å². The Balaban J connectivity index is 1.88. The van der Waals surface area contributed by atoms with Crippen molar-refractivity contribution in [2.24, 2.45) is 0 Å². The number of benzene rings is 2. The normalized spacial score (nSPS) is 10.6. The fourth-order valence-electron chi connectivity index (χ4n) is 2.33. The molecule has 0 fully saturated rings. The molecule has 2 rings (SSSR count). The number of unbranched alkanes of at least 4 members (excludes halogenated alkanes) is 1. The molecule has 2 aromatic carbocycles. The number of hydrogen-bond acceptors (Lipinski definition) is 4. The average Bonchev–Trinajstić information content (AvgIpc) is 2.43. The van der Waals surface area contributed by atoms with Crippen LogP contribution >= 0.6 is 0 Å². The number of aryl methyl sites for hydroxylation is 2. The van der Waals surface area contributed by atoms with Crippen LogP contribution < -0.4 is 22.9 Å². The largest absolute Gasteiger partial charge is 0.397 e. The Morgan fingerprint density at radius 1 is 0.600 bits per heavy atom. The molecule has 106 valence electrons. The Labute approximate surface area is 119 Å². The Bertz CT molecular complexity index is 540. The number of para-hydroxylation sites is 2. The van der Waals surface area contributed by atoms with Crippen molar-refractivity contribution < 1.29 is 0 Å². The van der Waals surface area contributed by atoms with Gasteiger partial charge in [-0.3, -0.25) is 0 Å². The molecule has 0 aromatic heterocycles. The lowest BCUT2D eigenvalue weighted by atomic mass is 10.0. The molecule has 0 bridgehead atoms. The van der Waals surface area contributed by atoms with Crippen LogP contribution in [0.4, 0.5) is 22.7 Å². The molecule has 4 nitrogen and oxygen atoms in total. The van der Waals surface area contributed by atoms with Crippen LogP contribution in [0.1, 0.15) is 24.0 Å². The lowest BCUT2D eigenvalue weighted by molar-refractivity contribution is 0.736. The van der Waals surface area contributed by atoms with Crippen molar-refractivity contribution in [2.45, 2.75) is 25.7 Å². The van der Waals surface area contributed by atoms with Gasteiger partial charge in [0.2, 0.25) is 0 Å². The van der Waals surface area contributed by atoms with Crippen LogP contribution in [0.3, 0.4) is 0 Å². The van der Waals surface area contributed by atoms with E-state index in [4.69, 9.17) is 22.9 Å². The van der Waals surface area contributed by atoms with Crippen molar-refractivity contribution in [3.8, 4) is 0 Å². The van der Waals surface area contributed by atoms with Crippen molar-refractivity contribution in [3.63, 3.8) is 0 Å². The average molecular weight is 270 g/mol. The highest BCUT2D eigenvalue weighted by Gasteiger charge is 2.04. The second-order valence-electron chi connectivity index (χ2n) is 5.05. The molecule has 0 unspecified atom stereocenters. The van der Waals surface area contributed by atoms with Crippen molar-refractivity contribution in [1.29, 1.82) is 0 Å². The first-order chi connectivity index (χ1) is 9.59. The zero-order chi connectivity index (χ0) is 14.5. The molecule has 0 aliphatic rings. The minimum Gasteiger partial charge on any atom is -0.397 e. The summed E-state index contributed by atoms with van der Waals surface area (Å²) in [6.07, 6.45) is 3.95. The Morgan fingerprint density at radius 2 is 1.00 bits per heavy atom. The summed E-state index contributed by atoms with van der Waals surface area (Å²) >= 11 is 0. The van der Waals surface area contributed by atoms with Crippen molar-refractivity contribution in [3.05, 3.63) is 47.5 Å². The van der Waals surface area contributed by atoms with Crippen molar-refractivity contribution in [1.82, 2.24) is 0 Å². The monoisotopic (exact) mass is 270 g/mol. The third kappa shape index (κ3) is 3.15. The fraction of sp³-hybridized carbons (Fsp3) is 0.250. The molecule has 0 atom stereocenters. The first-order valence-electron chi connectivity index (χ1n) is 6.85. The van der Waals surface area contributed by atoms with E-state index < -0.39 is 0 Å². The molecule has 4 heteroatoms. The predicted molar refractivity (Wildman–Crippen MR) is 87.2 cm³/mol.